The van der Waals surface area contributed by atoms with E-state index in [0.717, 1.165) is 12.1 Å². The third-order valence-electron chi connectivity index (χ3n) is 2.57. The fraction of sp³-hybridized carbons (Fsp3) is 0.750. The van der Waals surface area contributed by atoms with Gasteiger partial charge < -0.3 is 9.47 Å². The molecule has 1 N–H and O–H groups in total. The van der Waals surface area contributed by atoms with E-state index in [0.29, 0.717) is 6.79 Å². The van der Waals surface area contributed by atoms with Crippen LogP contribution in [-0.4, -0.2) is 33.9 Å². The summed E-state index contributed by atoms with van der Waals surface area (Å²) in [7, 11) is 0. The fourth-order valence-electron chi connectivity index (χ4n) is 1.43. The minimum Gasteiger partial charge on any atom is -0.349 e. The molecule has 1 aromatic rings. The predicted octanol–water partition coefficient (Wildman–Crippen LogP) is 0.499. The van der Waals surface area contributed by atoms with E-state index in [1.54, 1.807) is 6.20 Å². The maximum Gasteiger partial charge on any atom is 0.148 e. The van der Waals surface area contributed by atoms with Gasteiger partial charge in [0.05, 0.1) is 17.4 Å². The molecule has 0 bridgehead atoms. The third-order valence-corrected chi connectivity index (χ3v) is 2.57. The molecule has 0 aliphatic carbocycles. The van der Waals surface area contributed by atoms with E-state index < -0.39 is 0 Å². The first-order valence-electron chi connectivity index (χ1n) is 4.31. The molecule has 2 unspecified atom stereocenters. The quantitative estimate of drug-likeness (QED) is 0.725. The van der Waals surface area contributed by atoms with Crippen LogP contribution in [0.15, 0.2) is 6.20 Å². The fourth-order valence-corrected chi connectivity index (χ4v) is 1.43. The Bertz CT molecular complexity index is 275. The average Bonchev–Trinajstić information content (AvgIpc) is 2.65. The molecular formula is C8H13N3O2. The molecule has 2 heterocycles. The third kappa shape index (κ3) is 1.57. The molecule has 1 aromatic heterocycles. The van der Waals surface area contributed by atoms with Crippen LogP contribution < -0.4 is 0 Å². The molecule has 5 heteroatoms. The molecule has 72 valence electrons. The summed E-state index contributed by atoms with van der Waals surface area (Å²) in [5, 5.41) is 10.2. The zero-order valence-corrected chi connectivity index (χ0v) is 7.78. The van der Waals surface area contributed by atoms with E-state index in [1.807, 2.05) is 13.8 Å². The van der Waals surface area contributed by atoms with Gasteiger partial charge >= 0.3 is 0 Å². The maximum atomic E-state index is 5.52. The predicted molar refractivity (Wildman–Crippen MR) is 45.0 cm³/mol. The van der Waals surface area contributed by atoms with Crippen molar-refractivity contribution in [3.8, 4) is 0 Å². The van der Waals surface area contributed by atoms with E-state index in [1.165, 1.54) is 0 Å². The van der Waals surface area contributed by atoms with Crippen LogP contribution in [0.5, 0.6) is 0 Å². The monoisotopic (exact) mass is 183 g/mol. The molecule has 0 radical (unpaired) electrons. The van der Waals surface area contributed by atoms with Crippen LogP contribution in [0.2, 0.25) is 0 Å². The summed E-state index contributed by atoms with van der Waals surface area (Å²) in [5.74, 6) is 0. The highest BCUT2D eigenvalue weighted by Crippen LogP contribution is 2.27. The lowest BCUT2D eigenvalue weighted by molar-refractivity contribution is 0.00135. The van der Waals surface area contributed by atoms with Crippen LogP contribution >= 0.6 is 0 Å². The van der Waals surface area contributed by atoms with Gasteiger partial charge in [-0.15, -0.1) is 5.10 Å². The van der Waals surface area contributed by atoms with Crippen molar-refractivity contribution in [1.29, 1.82) is 0 Å². The summed E-state index contributed by atoms with van der Waals surface area (Å²) in [6.07, 6.45) is 2.61. The number of H-pyrrole nitrogens is 1. The van der Waals surface area contributed by atoms with Crippen LogP contribution in [0.4, 0.5) is 0 Å². The molecule has 0 aromatic carbocycles. The number of nitrogens with zero attached hydrogens (tertiary/aromatic N) is 2. The lowest BCUT2D eigenvalue weighted by Crippen LogP contribution is -2.36. The Labute approximate surface area is 76.4 Å². The first-order valence-corrected chi connectivity index (χ1v) is 4.31. The lowest BCUT2D eigenvalue weighted by Gasteiger charge is -2.24. The normalized spacial score (nSPS) is 33.8. The molecule has 1 aliphatic rings. The second-order valence-corrected chi connectivity index (χ2v) is 3.53. The summed E-state index contributed by atoms with van der Waals surface area (Å²) < 4.78 is 10.9. The number of hydrogen-bond donors (Lipinski definition) is 1. The molecule has 1 aliphatic heterocycles. The summed E-state index contributed by atoms with van der Waals surface area (Å²) >= 11 is 0. The van der Waals surface area contributed by atoms with E-state index in [-0.39, 0.29) is 11.7 Å². The van der Waals surface area contributed by atoms with Crippen LogP contribution in [0, 0.1) is 0 Å². The largest absolute Gasteiger partial charge is 0.349 e. The van der Waals surface area contributed by atoms with Crippen molar-refractivity contribution >= 4 is 0 Å². The van der Waals surface area contributed by atoms with Gasteiger partial charge in [-0.3, -0.25) is 5.10 Å². The SMILES string of the molecule is CC1OCOC1(C)Cc1c[nH]nn1. The van der Waals surface area contributed by atoms with Crippen molar-refractivity contribution < 1.29 is 9.47 Å². The lowest BCUT2D eigenvalue weighted by atomic mass is 9.95. The van der Waals surface area contributed by atoms with Gasteiger partial charge in [0.1, 0.15) is 6.79 Å². The molecule has 13 heavy (non-hydrogen) atoms. The number of ether oxygens (including phenoxy) is 2. The topological polar surface area (TPSA) is 60.0 Å². The van der Waals surface area contributed by atoms with E-state index >= 15 is 0 Å². The van der Waals surface area contributed by atoms with E-state index in [9.17, 15) is 0 Å². The van der Waals surface area contributed by atoms with Crippen LogP contribution in [0.1, 0.15) is 19.5 Å². The summed E-state index contributed by atoms with van der Waals surface area (Å²) in [4.78, 5) is 0. The minimum absolute atomic E-state index is 0.101. The van der Waals surface area contributed by atoms with Crippen LogP contribution in [0.25, 0.3) is 0 Å². The van der Waals surface area contributed by atoms with Crippen molar-refractivity contribution in [1.82, 2.24) is 15.4 Å². The van der Waals surface area contributed by atoms with Crippen molar-refractivity contribution in [2.75, 3.05) is 6.79 Å². The molecule has 2 atom stereocenters. The van der Waals surface area contributed by atoms with E-state index in [2.05, 4.69) is 15.4 Å². The number of aromatic nitrogens is 3. The van der Waals surface area contributed by atoms with Crippen molar-refractivity contribution in [3.63, 3.8) is 0 Å². The van der Waals surface area contributed by atoms with Gasteiger partial charge in [-0.25, -0.2) is 0 Å². The van der Waals surface area contributed by atoms with E-state index in [4.69, 9.17) is 9.47 Å². The average molecular weight is 183 g/mol. The molecule has 0 saturated carbocycles. The van der Waals surface area contributed by atoms with Gasteiger partial charge in [-0.1, -0.05) is 5.21 Å². The first-order chi connectivity index (χ1) is 6.21. The van der Waals surface area contributed by atoms with Gasteiger partial charge in [0, 0.05) is 12.6 Å². The Morgan fingerprint density at radius 1 is 1.77 bits per heavy atom. The number of hydrogen-bond acceptors (Lipinski definition) is 4. The zero-order valence-electron chi connectivity index (χ0n) is 7.78. The smallest absolute Gasteiger partial charge is 0.148 e. The minimum atomic E-state index is -0.267. The Hall–Kier alpha value is -0.940. The molecular weight excluding hydrogens is 170 g/mol. The molecule has 5 nitrogen and oxygen atoms in total. The standard InChI is InChI=1S/C8H13N3O2/c1-6-8(2,13-5-12-6)3-7-4-9-11-10-7/h4,6H,3,5H2,1-2H3,(H,9,10,11). The Morgan fingerprint density at radius 2 is 2.62 bits per heavy atom. The van der Waals surface area contributed by atoms with Crippen molar-refractivity contribution in [3.05, 3.63) is 11.9 Å². The molecule has 0 amide bonds. The number of aromatic amines is 1. The van der Waals surface area contributed by atoms with Gasteiger partial charge in [-0.05, 0) is 13.8 Å². The van der Waals surface area contributed by atoms with Gasteiger partial charge in [0.15, 0.2) is 0 Å². The number of rotatable bonds is 2. The molecule has 0 spiro atoms. The van der Waals surface area contributed by atoms with Gasteiger partial charge in [0.2, 0.25) is 0 Å². The summed E-state index contributed by atoms with van der Waals surface area (Å²) in [6.45, 7) is 4.40. The van der Waals surface area contributed by atoms with Crippen molar-refractivity contribution in [2.24, 2.45) is 0 Å². The second-order valence-electron chi connectivity index (χ2n) is 3.53. The van der Waals surface area contributed by atoms with Crippen molar-refractivity contribution in [2.45, 2.75) is 32.0 Å². The molecule has 1 saturated heterocycles. The van der Waals surface area contributed by atoms with Crippen LogP contribution in [0.3, 0.4) is 0 Å². The Kier molecular flexibility index (Phi) is 2.05. The highest BCUT2D eigenvalue weighted by molar-refractivity contribution is 5.01. The number of nitrogens with one attached hydrogen (secondary N) is 1. The molecule has 1 fully saturated rings. The van der Waals surface area contributed by atoms with Gasteiger partial charge in [-0.2, -0.15) is 0 Å². The summed E-state index contributed by atoms with van der Waals surface area (Å²) in [6, 6.07) is 0. The summed E-state index contributed by atoms with van der Waals surface area (Å²) in [5.41, 5.74) is 0.636. The Morgan fingerprint density at radius 3 is 3.15 bits per heavy atom. The van der Waals surface area contributed by atoms with Gasteiger partial charge in [0.25, 0.3) is 0 Å². The first kappa shape index (κ1) is 8.65. The zero-order chi connectivity index (χ0) is 9.31. The highest BCUT2D eigenvalue weighted by Gasteiger charge is 2.39. The second kappa shape index (κ2) is 3.08. The Balaban J connectivity index is 2.08. The highest BCUT2D eigenvalue weighted by atomic mass is 16.7. The maximum absolute atomic E-state index is 5.52. The van der Waals surface area contributed by atoms with Crippen LogP contribution in [-0.2, 0) is 15.9 Å². The molecule has 2 rings (SSSR count).